The van der Waals surface area contributed by atoms with Crippen molar-refractivity contribution in [2.75, 3.05) is 44.2 Å². The van der Waals surface area contributed by atoms with Crippen LogP contribution in [0.3, 0.4) is 0 Å². The topological polar surface area (TPSA) is 91.5 Å². The number of nitrogens with zero attached hydrogens (tertiary/aromatic N) is 7. The number of rotatable bonds is 5. The lowest BCUT2D eigenvalue weighted by Gasteiger charge is -2.34. The predicted octanol–water partition coefficient (Wildman–Crippen LogP) is -1.06. The number of tetrazole rings is 1. The number of amides is 1. The highest BCUT2D eigenvalue weighted by Crippen LogP contribution is 2.13. The smallest absolute Gasteiger partial charge is 0.234 e. The van der Waals surface area contributed by atoms with Gasteiger partial charge in [-0.25, -0.2) is 0 Å². The van der Waals surface area contributed by atoms with Crippen LogP contribution in [0.5, 0.6) is 0 Å². The highest BCUT2D eigenvalue weighted by molar-refractivity contribution is 5.78. The molecule has 0 atom stereocenters. The second-order valence-corrected chi connectivity index (χ2v) is 5.07. The van der Waals surface area contributed by atoms with Crippen molar-refractivity contribution in [2.24, 2.45) is 0 Å². The summed E-state index contributed by atoms with van der Waals surface area (Å²) in [6, 6.07) is 3.76. The standard InChI is InChI=1S/C13H18N8O/c1-2-5-14-13(22)10-19-6-8-20(9-7-19)12-4-3-11-15-17-18-21(11)16-12/h2-4H,1,5-10H2,(H,14,22). The Morgan fingerprint density at radius 1 is 1.32 bits per heavy atom. The molecule has 2 aromatic rings. The molecule has 0 radical (unpaired) electrons. The van der Waals surface area contributed by atoms with Gasteiger partial charge in [0.15, 0.2) is 11.5 Å². The average molecular weight is 302 g/mol. The Labute approximate surface area is 127 Å². The summed E-state index contributed by atoms with van der Waals surface area (Å²) in [4.78, 5) is 16.0. The summed E-state index contributed by atoms with van der Waals surface area (Å²) in [7, 11) is 0. The maximum absolute atomic E-state index is 11.7. The van der Waals surface area contributed by atoms with Crippen molar-refractivity contribution in [3.8, 4) is 0 Å². The van der Waals surface area contributed by atoms with E-state index in [1.165, 1.54) is 4.63 Å². The first kappa shape index (κ1) is 14.4. The maximum Gasteiger partial charge on any atom is 0.234 e. The first-order chi connectivity index (χ1) is 10.8. The van der Waals surface area contributed by atoms with Gasteiger partial charge in [0.25, 0.3) is 0 Å². The van der Waals surface area contributed by atoms with Crippen molar-refractivity contribution in [1.82, 2.24) is 35.5 Å². The molecule has 0 spiro atoms. The summed E-state index contributed by atoms with van der Waals surface area (Å²) in [6.07, 6.45) is 1.68. The molecule has 116 valence electrons. The number of nitrogens with one attached hydrogen (secondary N) is 1. The van der Waals surface area contributed by atoms with E-state index >= 15 is 0 Å². The zero-order valence-corrected chi connectivity index (χ0v) is 12.2. The van der Waals surface area contributed by atoms with Crippen LogP contribution in [0.1, 0.15) is 0 Å². The average Bonchev–Trinajstić information content (AvgIpc) is 3.01. The van der Waals surface area contributed by atoms with E-state index in [2.05, 4.69) is 42.3 Å². The second kappa shape index (κ2) is 6.48. The summed E-state index contributed by atoms with van der Waals surface area (Å²) < 4.78 is 1.42. The molecule has 9 nitrogen and oxygen atoms in total. The molecule has 0 bridgehead atoms. The van der Waals surface area contributed by atoms with Crippen molar-refractivity contribution < 1.29 is 4.79 Å². The van der Waals surface area contributed by atoms with Gasteiger partial charge in [0, 0.05) is 32.7 Å². The summed E-state index contributed by atoms with van der Waals surface area (Å²) >= 11 is 0. The summed E-state index contributed by atoms with van der Waals surface area (Å²) in [5, 5.41) is 18.4. The number of anilines is 1. The molecule has 0 unspecified atom stereocenters. The van der Waals surface area contributed by atoms with Gasteiger partial charge in [0.2, 0.25) is 5.91 Å². The molecule has 3 rings (SSSR count). The van der Waals surface area contributed by atoms with Crippen LogP contribution in [0.15, 0.2) is 24.8 Å². The van der Waals surface area contributed by atoms with Gasteiger partial charge >= 0.3 is 0 Å². The van der Waals surface area contributed by atoms with Crippen LogP contribution >= 0.6 is 0 Å². The zero-order valence-electron chi connectivity index (χ0n) is 12.2. The highest BCUT2D eigenvalue weighted by Gasteiger charge is 2.20. The molecule has 9 heteroatoms. The van der Waals surface area contributed by atoms with Gasteiger partial charge in [0.1, 0.15) is 0 Å². The fourth-order valence-corrected chi connectivity index (χ4v) is 2.39. The number of hydrogen-bond donors (Lipinski definition) is 1. The molecular weight excluding hydrogens is 284 g/mol. The van der Waals surface area contributed by atoms with E-state index in [4.69, 9.17) is 0 Å². The van der Waals surface area contributed by atoms with Crippen LogP contribution in [-0.4, -0.2) is 75.3 Å². The maximum atomic E-state index is 11.7. The molecule has 1 fully saturated rings. The SMILES string of the molecule is C=CCNC(=O)CN1CCN(c2ccc3nnnn3n2)CC1. The fraction of sp³-hybridized carbons (Fsp3) is 0.462. The summed E-state index contributed by atoms with van der Waals surface area (Å²) in [6.45, 7) is 7.77. The van der Waals surface area contributed by atoms with E-state index in [0.29, 0.717) is 18.7 Å². The van der Waals surface area contributed by atoms with Crippen molar-refractivity contribution in [3.05, 3.63) is 24.8 Å². The molecule has 0 saturated carbocycles. The number of aromatic nitrogens is 5. The Balaban J connectivity index is 1.54. The lowest BCUT2D eigenvalue weighted by atomic mass is 10.3. The molecule has 22 heavy (non-hydrogen) atoms. The van der Waals surface area contributed by atoms with Gasteiger partial charge in [-0.2, -0.15) is 0 Å². The Morgan fingerprint density at radius 3 is 2.91 bits per heavy atom. The van der Waals surface area contributed by atoms with E-state index in [0.717, 1.165) is 32.0 Å². The minimum absolute atomic E-state index is 0.0292. The minimum Gasteiger partial charge on any atom is -0.353 e. The minimum atomic E-state index is 0.0292. The molecule has 1 amide bonds. The summed E-state index contributed by atoms with van der Waals surface area (Å²) in [5.41, 5.74) is 0.626. The van der Waals surface area contributed by atoms with Crippen molar-refractivity contribution in [1.29, 1.82) is 0 Å². The summed E-state index contributed by atoms with van der Waals surface area (Å²) in [5.74, 6) is 0.872. The highest BCUT2D eigenvalue weighted by atomic mass is 16.2. The fourth-order valence-electron chi connectivity index (χ4n) is 2.39. The van der Waals surface area contributed by atoms with Crippen LogP contribution in [0, 0.1) is 0 Å². The lowest BCUT2D eigenvalue weighted by Crippen LogP contribution is -2.49. The van der Waals surface area contributed by atoms with Crippen molar-refractivity contribution in [3.63, 3.8) is 0 Å². The van der Waals surface area contributed by atoms with Crippen LogP contribution in [0.4, 0.5) is 5.82 Å². The molecule has 1 saturated heterocycles. The molecular formula is C13H18N8O. The van der Waals surface area contributed by atoms with E-state index in [1.807, 2.05) is 12.1 Å². The Kier molecular flexibility index (Phi) is 4.24. The Hall–Kier alpha value is -2.55. The van der Waals surface area contributed by atoms with Gasteiger partial charge in [-0.1, -0.05) is 6.08 Å². The first-order valence-electron chi connectivity index (χ1n) is 7.16. The van der Waals surface area contributed by atoms with E-state index in [1.54, 1.807) is 6.08 Å². The van der Waals surface area contributed by atoms with Crippen LogP contribution in [0.25, 0.3) is 5.65 Å². The molecule has 0 aliphatic carbocycles. The van der Waals surface area contributed by atoms with Crippen LogP contribution in [-0.2, 0) is 4.79 Å². The zero-order chi connectivity index (χ0) is 15.4. The molecule has 0 aromatic carbocycles. The van der Waals surface area contributed by atoms with Gasteiger partial charge in [-0.3, -0.25) is 9.69 Å². The molecule has 1 N–H and O–H groups in total. The molecule has 2 aromatic heterocycles. The third-order valence-corrected chi connectivity index (χ3v) is 3.56. The van der Waals surface area contributed by atoms with Gasteiger partial charge in [-0.15, -0.1) is 21.4 Å². The van der Waals surface area contributed by atoms with Gasteiger partial charge in [0.05, 0.1) is 6.54 Å². The van der Waals surface area contributed by atoms with Crippen molar-refractivity contribution >= 4 is 17.4 Å². The lowest BCUT2D eigenvalue weighted by molar-refractivity contribution is -0.122. The van der Waals surface area contributed by atoms with Crippen LogP contribution < -0.4 is 10.2 Å². The van der Waals surface area contributed by atoms with Gasteiger partial charge in [-0.05, 0) is 22.6 Å². The number of hydrogen-bond acceptors (Lipinski definition) is 7. The Morgan fingerprint density at radius 2 is 2.14 bits per heavy atom. The quantitative estimate of drug-likeness (QED) is 0.704. The largest absolute Gasteiger partial charge is 0.353 e. The number of fused-ring (bicyclic) bond motifs is 1. The third-order valence-electron chi connectivity index (χ3n) is 3.56. The van der Waals surface area contributed by atoms with E-state index in [-0.39, 0.29) is 5.91 Å². The number of carbonyl (C=O) groups is 1. The second-order valence-electron chi connectivity index (χ2n) is 5.07. The van der Waals surface area contributed by atoms with E-state index in [9.17, 15) is 4.79 Å². The number of piperazine rings is 1. The molecule has 3 heterocycles. The normalized spacial score (nSPS) is 15.9. The molecule has 1 aliphatic rings. The first-order valence-corrected chi connectivity index (χ1v) is 7.16. The van der Waals surface area contributed by atoms with Gasteiger partial charge < -0.3 is 10.2 Å². The van der Waals surface area contributed by atoms with E-state index < -0.39 is 0 Å². The monoisotopic (exact) mass is 302 g/mol. The molecule has 1 aliphatic heterocycles. The predicted molar refractivity (Wildman–Crippen MR) is 80.4 cm³/mol. The van der Waals surface area contributed by atoms with Crippen LogP contribution in [0.2, 0.25) is 0 Å². The Bertz CT molecular complexity index is 661. The number of carbonyl (C=O) groups excluding carboxylic acids is 1. The third kappa shape index (κ3) is 3.19. The van der Waals surface area contributed by atoms with Crippen molar-refractivity contribution in [2.45, 2.75) is 0 Å².